The normalized spacial score (nSPS) is 13.0. The van der Waals surface area contributed by atoms with E-state index < -0.39 is 155 Å². The number of guanidine groups is 2. The van der Waals surface area contributed by atoms with Crippen LogP contribution in [0, 0.1) is 20.2 Å². The number of ether oxygens (including phenoxy) is 4. The molecule has 0 saturated heterocycles. The van der Waals surface area contributed by atoms with Crippen molar-refractivity contribution in [1.82, 2.24) is 53.4 Å². The lowest BCUT2D eigenvalue weighted by Crippen LogP contribution is -2.59. The van der Waals surface area contributed by atoms with E-state index >= 15 is 0 Å². The van der Waals surface area contributed by atoms with Gasteiger partial charge in [0, 0.05) is 25.9 Å². The molecule has 0 bridgehead atoms. The highest BCUT2D eigenvalue weighted by Gasteiger charge is 2.34. The van der Waals surface area contributed by atoms with Crippen molar-refractivity contribution in [1.29, 1.82) is 0 Å². The van der Waals surface area contributed by atoms with E-state index in [1.807, 2.05) is 0 Å². The number of nitrogens with two attached hydrogens (primary N) is 2. The number of nitro groups is 2. The van der Waals surface area contributed by atoms with E-state index in [9.17, 15) is 73.0 Å². The van der Waals surface area contributed by atoms with Gasteiger partial charge >= 0.3 is 24.0 Å². The maximum Gasteiger partial charge on any atom is 0.408 e. The molecule has 103 heavy (non-hydrogen) atoms. The Morgan fingerprint density at radius 3 is 1.14 bits per heavy atom. The van der Waals surface area contributed by atoms with E-state index in [0.29, 0.717) is 27.8 Å². The Labute approximate surface area is 591 Å². The van der Waals surface area contributed by atoms with Gasteiger partial charge in [0.2, 0.25) is 41.4 Å². The highest BCUT2D eigenvalue weighted by atomic mass is 16.7. The van der Waals surface area contributed by atoms with Gasteiger partial charge in [0.05, 0.1) is 25.9 Å². The number of hydrogen-bond donors (Lipinski definition) is 12. The maximum absolute atomic E-state index is 14.8. The summed E-state index contributed by atoms with van der Waals surface area (Å²) in [4.78, 5) is 183. The van der Waals surface area contributed by atoms with Crippen molar-refractivity contribution in [2.75, 3.05) is 26.2 Å². The van der Waals surface area contributed by atoms with Crippen LogP contribution >= 0.6 is 0 Å². The van der Waals surface area contributed by atoms with Gasteiger partial charge in [-0.2, -0.15) is 0 Å². The van der Waals surface area contributed by atoms with Crippen molar-refractivity contribution >= 4 is 77.3 Å². The van der Waals surface area contributed by atoms with Crippen molar-refractivity contribution in [3.8, 4) is 0 Å². The third-order valence-electron chi connectivity index (χ3n) is 14.3. The quantitative estimate of drug-likeness (QED) is 0.00490. The summed E-state index contributed by atoms with van der Waals surface area (Å²) >= 11 is 0. The molecule has 8 amide bonds. The van der Waals surface area contributed by atoms with Gasteiger partial charge in [0.25, 0.3) is 11.9 Å². The number of alkyl carbamates (subject to hydrolysis) is 1. The molecule has 0 heterocycles. The second-order valence-electron chi connectivity index (χ2n) is 23.8. The van der Waals surface area contributed by atoms with Crippen LogP contribution in [0.2, 0.25) is 0 Å². The Hall–Kier alpha value is -12.6. The molecule has 0 radical (unpaired) electrons. The molecule has 35 heteroatoms. The number of nitrogens with zero attached hydrogens (tertiary/aromatic N) is 4. The van der Waals surface area contributed by atoms with Crippen molar-refractivity contribution < 1.29 is 81.8 Å². The number of hydrazine groups is 2. The first kappa shape index (κ1) is 81.1. The summed E-state index contributed by atoms with van der Waals surface area (Å²) < 4.78 is 21.8. The number of hydrogen-bond acceptors (Lipinski definition) is 21. The highest BCUT2D eigenvalue weighted by Crippen LogP contribution is 2.14. The van der Waals surface area contributed by atoms with Crippen LogP contribution in [0.3, 0.4) is 0 Å². The number of benzene rings is 5. The van der Waals surface area contributed by atoms with E-state index in [1.165, 1.54) is 0 Å². The van der Waals surface area contributed by atoms with E-state index in [2.05, 4.69) is 52.5 Å². The van der Waals surface area contributed by atoms with Crippen molar-refractivity contribution in [2.24, 2.45) is 21.5 Å². The Morgan fingerprint density at radius 2 is 0.757 bits per heavy atom. The van der Waals surface area contributed by atoms with E-state index in [1.54, 1.807) is 183 Å². The minimum absolute atomic E-state index is 0.0101. The summed E-state index contributed by atoms with van der Waals surface area (Å²) in [5, 5.41) is 39.5. The minimum atomic E-state index is -1.86. The zero-order valence-corrected chi connectivity index (χ0v) is 56.7. The Bertz CT molecular complexity index is 3720. The highest BCUT2D eigenvalue weighted by molar-refractivity contribution is 5.98. The lowest BCUT2D eigenvalue weighted by atomic mass is 10.0. The Balaban J connectivity index is 1.40. The summed E-state index contributed by atoms with van der Waals surface area (Å²) in [5.41, 5.74) is 16.3. The average molecular weight is 1430 g/mol. The molecule has 5 aromatic rings. The SMILES string of the molecule is CC(C)(C)OC(=O)N[C@@H](CCCN=C(N)N[N+](=O)[O-])C(=O)NCC(=O)N[C@@H](CC(=O)OCc1ccccc1)C(=O)N[C@@H](Cc1ccccc1)C(=O)N[C@@H](CCCN=C(N)N[N+](=O)[O-])C(=O)NCC(=O)N[C@@H](CC(=O)OCc1ccccc1)C(=O)N[C@@H](Cc1ccccc1)C(=O)OCc1ccccc1. The number of carbonyl (C=O) groups is 11. The molecule has 0 saturated carbocycles. The molecular formula is C68H84N16O19. The average Bonchev–Trinajstić information content (AvgIpc) is 0.902. The third-order valence-corrected chi connectivity index (χ3v) is 14.3. The molecule has 6 atom stereocenters. The molecule has 5 rings (SSSR count). The first-order chi connectivity index (χ1) is 49.2. The fourth-order valence-corrected chi connectivity index (χ4v) is 9.40. The molecule has 0 aliphatic rings. The largest absolute Gasteiger partial charge is 0.461 e. The number of amides is 8. The number of aliphatic imine (C=N–C) groups is 2. The first-order valence-electron chi connectivity index (χ1n) is 32.3. The van der Waals surface area contributed by atoms with E-state index in [4.69, 9.17) is 30.4 Å². The van der Waals surface area contributed by atoms with Gasteiger partial charge in [-0.05, 0) is 74.3 Å². The fourth-order valence-electron chi connectivity index (χ4n) is 9.40. The second-order valence-corrected chi connectivity index (χ2v) is 23.8. The van der Waals surface area contributed by atoms with Gasteiger partial charge in [-0.25, -0.2) is 39.8 Å². The molecule has 0 aliphatic heterocycles. The number of nitrogens with one attached hydrogen (secondary N) is 10. The van der Waals surface area contributed by atoms with Gasteiger partial charge in [0.1, 0.15) is 61.7 Å². The van der Waals surface area contributed by atoms with Gasteiger partial charge in [-0.15, -0.1) is 0 Å². The van der Waals surface area contributed by atoms with Crippen molar-refractivity contribution in [3.63, 3.8) is 0 Å². The second kappa shape index (κ2) is 43.1. The van der Waals surface area contributed by atoms with Crippen LogP contribution in [-0.2, 0) is 99.6 Å². The van der Waals surface area contributed by atoms with Crippen LogP contribution in [-0.4, -0.2) is 155 Å². The van der Waals surface area contributed by atoms with Gasteiger partial charge < -0.3 is 72.9 Å². The van der Waals surface area contributed by atoms with Gasteiger partial charge in [-0.3, -0.25) is 43.2 Å². The first-order valence-corrected chi connectivity index (χ1v) is 32.3. The maximum atomic E-state index is 14.8. The van der Waals surface area contributed by atoms with Crippen molar-refractivity contribution in [3.05, 3.63) is 200 Å². The summed E-state index contributed by atoms with van der Waals surface area (Å²) in [7, 11) is 0. The van der Waals surface area contributed by atoms with Crippen LogP contribution in [0.4, 0.5) is 4.79 Å². The summed E-state index contributed by atoms with van der Waals surface area (Å²) in [6, 6.07) is 32.6. The molecular weight excluding hydrogens is 1340 g/mol. The summed E-state index contributed by atoms with van der Waals surface area (Å²) in [6.07, 6.45) is -3.71. The van der Waals surface area contributed by atoms with Gasteiger partial charge in [0.15, 0.2) is 10.1 Å². The summed E-state index contributed by atoms with van der Waals surface area (Å²) in [5.74, 6) is -11.4. The van der Waals surface area contributed by atoms with E-state index in [0.717, 1.165) is 0 Å². The van der Waals surface area contributed by atoms with Crippen LogP contribution in [0.5, 0.6) is 0 Å². The lowest BCUT2D eigenvalue weighted by Gasteiger charge is -2.26. The Morgan fingerprint density at radius 1 is 0.427 bits per heavy atom. The third kappa shape index (κ3) is 33.2. The van der Waals surface area contributed by atoms with Crippen LogP contribution in [0.25, 0.3) is 0 Å². The molecule has 0 unspecified atom stereocenters. The standard InChI is InChI=1S/C68H84N16O19/c1-68(2,3)103-67(95)80-50(32-20-34-72-66(70)82-84(98)99)60(90)74-40-56(86)75-52(37-57(87)100-41-46-25-13-6-14-26-46)62(92)78-51(35-44-21-9-4-10-22-44)61(91)77-49(31-19-33-71-65(69)81-83(96)97)59(89)73-39-55(85)76-53(38-58(88)101-42-47-27-15-7-16-28-47)63(93)79-54(36-45-23-11-5-12-24-45)64(94)102-43-48-29-17-8-18-30-48/h4-18,21-30,49-54H,19-20,31-43H2,1-3H3,(H,73,89)(H,74,90)(H,75,86)(H,76,85)(H,77,91)(H,78,92)(H,79,93)(H,80,95)(H3,69,71,81)(H3,70,72,82)/t49-,50-,51-,52-,53-,54-/m0/s1. The molecule has 0 aliphatic carbocycles. The van der Waals surface area contributed by atoms with Crippen LogP contribution in [0.1, 0.15) is 87.1 Å². The van der Waals surface area contributed by atoms with Crippen LogP contribution < -0.4 is 64.9 Å². The number of esters is 3. The van der Waals surface area contributed by atoms with Crippen LogP contribution in [0.15, 0.2) is 162 Å². The van der Waals surface area contributed by atoms with Crippen molar-refractivity contribution in [2.45, 2.75) is 134 Å². The molecule has 0 aromatic heterocycles. The zero-order chi connectivity index (χ0) is 75.1. The number of carbonyl (C=O) groups excluding carboxylic acids is 11. The monoisotopic (exact) mass is 1430 g/mol. The molecule has 0 spiro atoms. The lowest BCUT2D eigenvalue weighted by molar-refractivity contribution is -0.525. The fraction of sp³-hybridized carbons (Fsp3) is 0.368. The molecule has 5 aromatic carbocycles. The smallest absolute Gasteiger partial charge is 0.408 e. The molecule has 550 valence electrons. The van der Waals surface area contributed by atoms with E-state index in [-0.39, 0.29) is 71.4 Å². The zero-order valence-electron chi connectivity index (χ0n) is 56.7. The number of rotatable bonds is 40. The Kier molecular flexibility index (Phi) is 33.9. The molecule has 0 fully saturated rings. The topological polar surface area (TPSA) is 508 Å². The summed E-state index contributed by atoms with van der Waals surface area (Å²) in [6.45, 7) is 1.80. The predicted molar refractivity (Wildman–Crippen MR) is 369 cm³/mol. The minimum Gasteiger partial charge on any atom is -0.461 e. The molecule has 14 N–H and O–H groups in total. The molecule has 35 nitrogen and oxygen atoms in total. The van der Waals surface area contributed by atoms with Gasteiger partial charge in [-0.1, -0.05) is 163 Å². The predicted octanol–water partition coefficient (Wildman–Crippen LogP) is 0.784.